The first-order chi connectivity index (χ1) is 22.7. The molecule has 48 heavy (non-hydrogen) atoms. The molecule has 8 nitrogen and oxygen atoms in total. The van der Waals surface area contributed by atoms with Crippen LogP contribution in [0, 0.1) is 0 Å². The zero-order valence-electron chi connectivity index (χ0n) is 29.6. The smallest absolute Gasteiger partial charge is 0.303 e. The average molecular weight is 677 g/mol. The molecule has 3 aromatic carbocycles. The van der Waals surface area contributed by atoms with E-state index in [0.29, 0.717) is 6.61 Å². The van der Waals surface area contributed by atoms with Crippen molar-refractivity contribution in [1.82, 2.24) is 0 Å². The van der Waals surface area contributed by atoms with Gasteiger partial charge in [-0.25, -0.2) is 0 Å². The molecule has 9 heteroatoms. The van der Waals surface area contributed by atoms with Crippen molar-refractivity contribution in [3.05, 3.63) is 108 Å². The SMILES string of the molecule is CC(=O)O[C@@H]1[C@@H](OCc2ccccc2)[C@H](O[Si](C)(C)C(C)(C)C)[C@@H]2OC(C)(C)O[C@@H]2[C@@]1(COCc1ccccc1)OCc1ccccc1. The molecule has 0 radical (unpaired) electrons. The van der Waals surface area contributed by atoms with Crippen LogP contribution in [0.15, 0.2) is 91.0 Å². The summed E-state index contributed by atoms with van der Waals surface area (Å²) in [6.45, 7) is 17.1. The van der Waals surface area contributed by atoms with E-state index in [1.54, 1.807) is 0 Å². The van der Waals surface area contributed by atoms with Crippen molar-refractivity contribution in [2.75, 3.05) is 6.61 Å². The highest BCUT2D eigenvalue weighted by atomic mass is 28.4. The summed E-state index contributed by atoms with van der Waals surface area (Å²) in [5.74, 6) is -1.45. The molecule has 0 N–H and O–H groups in total. The van der Waals surface area contributed by atoms with E-state index in [4.69, 9.17) is 32.8 Å². The van der Waals surface area contributed by atoms with Gasteiger partial charge in [0.15, 0.2) is 25.8 Å². The Morgan fingerprint density at radius 2 is 1.29 bits per heavy atom. The molecule has 0 bridgehead atoms. The fraction of sp³-hybridized carbons (Fsp3) is 0.513. The molecule has 2 fully saturated rings. The molecule has 6 atom stereocenters. The Labute approximate surface area is 287 Å². The van der Waals surface area contributed by atoms with Gasteiger partial charge in [-0.2, -0.15) is 0 Å². The summed E-state index contributed by atoms with van der Waals surface area (Å²) >= 11 is 0. The molecule has 1 heterocycles. The minimum absolute atomic E-state index is 0.0469. The van der Waals surface area contributed by atoms with E-state index in [0.717, 1.165) is 16.7 Å². The molecule has 3 aromatic rings. The number of benzene rings is 3. The minimum Gasteiger partial charge on any atom is -0.456 e. The second-order valence-electron chi connectivity index (χ2n) is 14.9. The zero-order valence-corrected chi connectivity index (χ0v) is 30.6. The second kappa shape index (κ2) is 14.9. The van der Waals surface area contributed by atoms with E-state index >= 15 is 0 Å². The number of hydrogen-bond donors (Lipinski definition) is 0. The fourth-order valence-corrected chi connectivity index (χ4v) is 7.52. The highest BCUT2D eigenvalue weighted by Crippen LogP contribution is 2.50. The van der Waals surface area contributed by atoms with Gasteiger partial charge >= 0.3 is 5.97 Å². The maximum Gasteiger partial charge on any atom is 0.303 e. The Bertz CT molecular complexity index is 1460. The van der Waals surface area contributed by atoms with Crippen LogP contribution in [-0.4, -0.2) is 62.8 Å². The predicted molar refractivity (Wildman–Crippen MR) is 187 cm³/mol. The van der Waals surface area contributed by atoms with Gasteiger partial charge in [-0.15, -0.1) is 0 Å². The first-order valence-corrected chi connectivity index (χ1v) is 19.8. The summed E-state index contributed by atoms with van der Waals surface area (Å²) in [6.07, 6.45) is -3.71. The van der Waals surface area contributed by atoms with Crippen LogP contribution >= 0.6 is 0 Å². The van der Waals surface area contributed by atoms with Crippen LogP contribution in [0.4, 0.5) is 0 Å². The Hall–Kier alpha value is -2.89. The number of carbonyl (C=O) groups excluding carboxylic acids is 1. The normalized spacial score (nSPS) is 27.0. The van der Waals surface area contributed by atoms with Gasteiger partial charge in [0.2, 0.25) is 0 Å². The predicted octanol–water partition coefficient (Wildman–Crippen LogP) is 7.60. The standard InChI is InChI=1S/C39H52O8Si/c1-28(40)44-35-33(42-25-30-20-14-10-15-21-30)32(47-48(7,8)37(2,3)4)34-36(46-38(5,6)45-34)39(35,43-26-31-22-16-11-17-23-31)27-41-24-29-18-12-9-13-19-29/h9-23,32-36H,24-27H2,1-8H3/t32-,33-,34-,35+,36-,39-/m0/s1. The summed E-state index contributed by atoms with van der Waals surface area (Å²) in [4.78, 5) is 13.1. The number of rotatable bonds is 13. The van der Waals surface area contributed by atoms with Gasteiger partial charge in [-0.3, -0.25) is 4.79 Å². The lowest BCUT2D eigenvalue weighted by Crippen LogP contribution is -2.75. The first-order valence-electron chi connectivity index (χ1n) is 16.9. The number of fused-ring (bicyclic) bond motifs is 1. The monoisotopic (exact) mass is 676 g/mol. The molecule has 5 rings (SSSR count). The van der Waals surface area contributed by atoms with Crippen molar-refractivity contribution in [1.29, 1.82) is 0 Å². The summed E-state index contributed by atoms with van der Waals surface area (Å²) in [5, 5.41) is -0.116. The minimum atomic E-state index is -2.43. The van der Waals surface area contributed by atoms with Crippen molar-refractivity contribution in [2.45, 2.75) is 121 Å². The molecule has 0 amide bonds. The van der Waals surface area contributed by atoms with Gasteiger partial charge in [0, 0.05) is 6.92 Å². The Morgan fingerprint density at radius 3 is 1.81 bits per heavy atom. The van der Waals surface area contributed by atoms with Crippen molar-refractivity contribution in [3.63, 3.8) is 0 Å². The lowest BCUT2D eigenvalue weighted by Gasteiger charge is -2.54. The van der Waals surface area contributed by atoms with E-state index in [2.05, 4.69) is 33.9 Å². The lowest BCUT2D eigenvalue weighted by molar-refractivity contribution is -0.290. The van der Waals surface area contributed by atoms with Gasteiger partial charge in [-0.05, 0) is 48.7 Å². The fourth-order valence-electron chi connectivity index (χ4n) is 6.22. The molecule has 0 unspecified atom stereocenters. The molecule has 1 aliphatic heterocycles. The van der Waals surface area contributed by atoms with Gasteiger partial charge < -0.3 is 32.8 Å². The van der Waals surface area contributed by atoms with Gasteiger partial charge in [0.25, 0.3) is 0 Å². The third-order valence-corrected chi connectivity index (χ3v) is 14.1. The van der Waals surface area contributed by atoms with Crippen LogP contribution in [0.3, 0.4) is 0 Å². The topological polar surface area (TPSA) is 81.7 Å². The van der Waals surface area contributed by atoms with Gasteiger partial charge in [0.1, 0.15) is 24.4 Å². The van der Waals surface area contributed by atoms with Crippen LogP contribution in [-0.2, 0) is 57.5 Å². The molecule has 1 saturated heterocycles. The van der Waals surface area contributed by atoms with E-state index in [1.165, 1.54) is 6.92 Å². The highest BCUT2D eigenvalue weighted by Gasteiger charge is 2.69. The largest absolute Gasteiger partial charge is 0.456 e. The van der Waals surface area contributed by atoms with Crippen molar-refractivity contribution in [3.8, 4) is 0 Å². The molecule has 1 aliphatic carbocycles. The van der Waals surface area contributed by atoms with E-state index in [9.17, 15) is 4.79 Å². The quantitative estimate of drug-likeness (QED) is 0.135. The Morgan fingerprint density at radius 1 is 0.771 bits per heavy atom. The lowest BCUT2D eigenvalue weighted by atomic mass is 9.74. The van der Waals surface area contributed by atoms with E-state index in [-0.39, 0.29) is 24.9 Å². The Balaban J connectivity index is 1.63. The van der Waals surface area contributed by atoms with Gasteiger partial charge in [-0.1, -0.05) is 112 Å². The number of carbonyl (C=O) groups is 1. The number of ether oxygens (including phenoxy) is 6. The summed E-state index contributed by atoms with van der Waals surface area (Å²) < 4.78 is 47.4. The number of hydrogen-bond acceptors (Lipinski definition) is 8. The molecule has 1 saturated carbocycles. The molecule has 2 aliphatic rings. The maximum absolute atomic E-state index is 13.1. The van der Waals surface area contributed by atoms with Crippen molar-refractivity contribution in [2.24, 2.45) is 0 Å². The molecule has 260 valence electrons. The van der Waals surface area contributed by atoms with Crippen LogP contribution in [0.25, 0.3) is 0 Å². The second-order valence-corrected chi connectivity index (χ2v) is 19.6. The third kappa shape index (κ3) is 8.45. The summed E-state index contributed by atoms with van der Waals surface area (Å²) in [5.41, 5.74) is 1.61. The molecular weight excluding hydrogens is 625 g/mol. The average Bonchev–Trinajstić information content (AvgIpc) is 3.38. The van der Waals surface area contributed by atoms with Crippen LogP contribution in [0.2, 0.25) is 18.1 Å². The van der Waals surface area contributed by atoms with E-state index in [1.807, 2.05) is 105 Å². The molecular formula is C39H52O8Si. The molecule has 0 spiro atoms. The van der Waals surface area contributed by atoms with Gasteiger partial charge in [0.05, 0.1) is 26.4 Å². The van der Waals surface area contributed by atoms with E-state index < -0.39 is 56.2 Å². The molecule has 0 aromatic heterocycles. The van der Waals surface area contributed by atoms with Crippen LogP contribution in [0.1, 0.15) is 58.2 Å². The summed E-state index contributed by atoms with van der Waals surface area (Å²) in [7, 11) is -2.43. The third-order valence-electron chi connectivity index (χ3n) is 9.64. The number of esters is 1. The van der Waals surface area contributed by atoms with Crippen molar-refractivity contribution < 1.29 is 37.6 Å². The summed E-state index contributed by atoms with van der Waals surface area (Å²) in [6, 6.07) is 29.8. The highest BCUT2D eigenvalue weighted by molar-refractivity contribution is 6.74. The first kappa shape index (κ1) is 36.4. The van der Waals surface area contributed by atoms with Crippen molar-refractivity contribution >= 4 is 14.3 Å². The maximum atomic E-state index is 13.1. The zero-order chi connectivity index (χ0) is 34.6. The van der Waals surface area contributed by atoms with Crippen LogP contribution < -0.4 is 0 Å². The van der Waals surface area contributed by atoms with Crippen LogP contribution in [0.5, 0.6) is 0 Å². The Kier molecular flexibility index (Phi) is 11.3.